The molecule has 0 aromatic heterocycles. The van der Waals surface area contributed by atoms with Crippen LogP contribution in [0.3, 0.4) is 0 Å². The Labute approximate surface area is 315 Å². The molecule has 0 aliphatic heterocycles. The van der Waals surface area contributed by atoms with Gasteiger partial charge in [0.05, 0.1) is 0 Å². The van der Waals surface area contributed by atoms with Crippen LogP contribution in [0.1, 0.15) is 187 Å². The van der Waals surface area contributed by atoms with Crippen molar-refractivity contribution in [1.82, 2.24) is 0 Å². The van der Waals surface area contributed by atoms with Gasteiger partial charge in [-0.1, -0.05) is 130 Å². The summed E-state index contributed by atoms with van der Waals surface area (Å²) >= 11 is 0. The topological polar surface area (TPSA) is 0 Å². The average Bonchev–Trinajstić information content (AvgIpc) is 3.01. The molecule has 0 nitrogen and oxygen atoms in total. The fourth-order valence-corrected chi connectivity index (χ4v) is 5.03. The van der Waals surface area contributed by atoms with Gasteiger partial charge in [0.1, 0.15) is 0 Å². The molecule has 0 saturated heterocycles. The minimum Gasteiger partial charge on any atom is -0.103 e. The smallest absolute Gasteiger partial charge is 0.0166 e. The van der Waals surface area contributed by atoms with Crippen LogP contribution >= 0.6 is 0 Å². The van der Waals surface area contributed by atoms with Crippen molar-refractivity contribution < 1.29 is 0 Å². The number of hydrogen-bond acceptors (Lipinski definition) is 0. The van der Waals surface area contributed by atoms with Crippen molar-refractivity contribution >= 4 is 0 Å². The Kier molecular flexibility index (Phi) is 37.0. The monoisotopic (exact) mass is 685 g/mol. The van der Waals surface area contributed by atoms with Crippen LogP contribution in [-0.4, -0.2) is 0 Å². The van der Waals surface area contributed by atoms with Gasteiger partial charge in [-0.3, -0.25) is 0 Å². The summed E-state index contributed by atoms with van der Waals surface area (Å²) in [7, 11) is 0. The molecular weight excluding hydrogens is 601 g/mol. The van der Waals surface area contributed by atoms with Gasteiger partial charge in [0.25, 0.3) is 0 Å². The molecule has 0 aliphatic carbocycles. The molecule has 0 atom stereocenters. The number of allylic oxidation sites excluding steroid dienone is 21. The lowest BCUT2D eigenvalue weighted by Gasteiger charge is -2.01. The Bertz CT molecular complexity index is 1110. The van der Waals surface area contributed by atoms with Crippen molar-refractivity contribution in [2.75, 3.05) is 0 Å². The van der Waals surface area contributed by atoms with Crippen molar-refractivity contribution in [3.63, 3.8) is 0 Å². The summed E-state index contributed by atoms with van der Waals surface area (Å²) in [6, 6.07) is 0. The Balaban J connectivity index is -0.00000104. The molecule has 0 bridgehead atoms. The predicted molar refractivity (Wildman–Crippen MR) is 236 cm³/mol. The van der Waals surface area contributed by atoms with Gasteiger partial charge in [-0.15, -0.1) is 6.58 Å². The van der Waals surface area contributed by atoms with E-state index in [1.54, 1.807) is 0 Å². The van der Waals surface area contributed by atoms with Crippen LogP contribution in [-0.2, 0) is 0 Å². The lowest BCUT2D eigenvalue weighted by molar-refractivity contribution is 0.914. The molecule has 0 unspecified atom stereocenters. The second-order valence-electron chi connectivity index (χ2n) is 14.8. The highest BCUT2D eigenvalue weighted by Gasteiger charge is 1.94. The quantitative estimate of drug-likeness (QED) is 0.0888. The van der Waals surface area contributed by atoms with Crippen molar-refractivity contribution in [2.45, 2.75) is 187 Å². The summed E-state index contributed by atoms with van der Waals surface area (Å²) in [6.07, 6.45) is 45.0. The largest absolute Gasteiger partial charge is 0.103 e. The third-order valence-corrected chi connectivity index (χ3v) is 8.37. The van der Waals surface area contributed by atoms with E-state index in [2.05, 4.69) is 157 Å². The van der Waals surface area contributed by atoms with Gasteiger partial charge in [-0.2, -0.15) is 0 Å². The molecule has 0 fully saturated rings. The van der Waals surface area contributed by atoms with Gasteiger partial charge < -0.3 is 0 Å². The first-order valence-corrected chi connectivity index (χ1v) is 19.4. The maximum absolute atomic E-state index is 3.73. The summed E-state index contributed by atoms with van der Waals surface area (Å²) < 4.78 is 0. The summed E-state index contributed by atoms with van der Waals surface area (Å²) in [5.41, 5.74) is 13.3. The molecule has 284 valence electrons. The van der Waals surface area contributed by atoms with Gasteiger partial charge in [-0.05, 0) is 179 Å². The van der Waals surface area contributed by atoms with Gasteiger partial charge in [0.2, 0.25) is 0 Å². The van der Waals surface area contributed by atoms with E-state index in [9.17, 15) is 0 Å². The highest BCUT2D eigenvalue weighted by atomic mass is 14.0. The summed E-state index contributed by atoms with van der Waals surface area (Å²) in [4.78, 5) is 0. The van der Waals surface area contributed by atoms with Crippen LogP contribution in [0.2, 0.25) is 0 Å². The third-order valence-electron chi connectivity index (χ3n) is 8.37. The standard InChI is InChI=1S/C32H52.C17H28.CH4/c1-27(2)17-13-21-31(7)25-15-23-29(5)19-11-9-10-12-20-30(6)24-16-26-32(8)22-14-18-28(3)4;1-6-7-11-16(4)13-9-14-17(5)12-8-10-15(2)3;/h9-10,17-20,25-26H,11-16,21-24H2,1-8H3;6,10-11,14H,1,7-9,12-13H2,2-5H3;1H4/b10-9+,29-19+,30-20?,31-25+,32-26+;16-11+,17-14+;. The average molecular weight is 685 g/mol. The van der Waals surface area contributed by atoms with E-state index in [-0.39, 0.29) is 7.43 Å². The highest BCUT2D eigenvalue weighted by molar-refractivity contribution is 5.10. The molecule has 0 N–H and O–H groups in total. The van der Waals surface area contributed by atoms with Crippen molar-refractivity contribution in [2.24, 2.45) is 0 Å². The molecule has 50 heavy (non-hydrogen) atoms. The minimum atomic E-state index is 0. The van der Waals surface area contributed by atoms with Crippen LogP contribution in [0.25, 0.3) is 0 Å². The van der Waals surface area contributed by atoms with Gasteiger partial charge in [-0.25, -0.2) is 0 Å². The molecule has 0 aromatic rings. The van der Waals surface area contributed by atoms with Crippen LogP contribution < -0.4 is 0 Å². The van der Waals surface area contributed by atoms with E-state index >= 15 is 0 Å². The molecular formula is C50H84. The van der Waals surface area contributed by atoms with Crippen molar-refractivity contribution in [1.29, 1.82) is 0 Å². The number of hydrogen-bond donors (Lipinski definition) is 0. The second kappa shape index (κ2) is 35.9. The van der Waals surface area contributed by atoms with Crippen molar-refractivity contribution in [3.8, 4) is 0 Å². The highest BCUT2D eigenvalue weighted by Crippen LogP contribution is 2.14. The predicted octanol–water partition coefficient (Wildman–Crippen LogP) is 17.8. The van der Waals surface area contributed by atoms with E-state index in [0.29, 0.717) is 0 Å². The Morgan fingerprint density at radius 3 is 0.780 bits per heavy atom. The molecule has 0 saturated carbocycles. The molecule has 0 spiro atoms. The van der Waals surface area contributed by atoms with E-state index in [1.807, 2.05) is 6.08 Å². The normalized spacial score (nSPS) is 13.0. The van der Waals surface area contributed by atoms with E-state index in [0.717, 1.165) is 32.1 Å². The third kappa shape index (κ3) is 41.3. The minimum absolute atomic E-state index is 0. The van der Waals surface area contributed by atoms with E-state index in [1.165, 1.54) is 114 Å². The van der Waals surface area contributed by atoms with Crippen molar-refractivity contribution in [3.05, 3.63) is 130 Å². The summed E-state index contributed by atoms with van der Waals surface area (Å²) in [5.74, 6) is 0. The van der Waals surface area contributed by atoms with Crippen LogP contribution in [0.4, 0.5) is 0 Å². The Morgan fingerprint density at radius 2 is 0.540 bits per heavy atom. The zero-order valence-corrected chi connectivity index (χ0v) is 34.7. The molecule has 0 aliphatic rings. The molecule has 0 heteroatoms. The lowest BCUT2D eigenvalue weighted by Crippen LogP contribution is -1.81. The van der Waals surface area contributed by atoms with E-state index in [4.69, 9.17) is 0 Å². The fourth-order valence-electron chi connectivity index (χ4n) is 5.03. The maximum atomic E-state index is 3.73. The summed E-state index contributed by atoms with van der Waals surface area (Å²) in [5, 5.41) is 0. The zero-order chi connectivity index (χ0) is 37.3. The van der Waals surface area contributed by atoms with Crippen LogP contribution in [0.15, 0.2) is 130 Å². The maximum Gasteiger partial charge on any atom is -0.0166 e. The first-order chi connectivity index (χ1) is 23.3. The zero-order valence-electron chi connectivity index (χ0n) is 34.7. The Hall–Kier alpha value is -2.86. The first-order valence-electron chi connectivity index (χ1n) is 19.4. The molecule has 0 amide bonds. The molecule has 0 radical (unpaired) electrons. The van der Waals surface area contributed by atoms with Crippen LogP contribution in [0.5, 0.6) is 0 Å². The Morgan fingerprint density at radius 1 is 0.320 bits per heavy atom. The van der Waals surface area contributed by atoms with Crippen LogP contribution in [0, 0.1) is 0 Å². The van der Waals surface area contributed by atoms with Gasteiger partial charge >= 0.3 is 0 Å². The SMILES string of the molecule is C.C=CC/C=C(\C)CC/C=C(\C)CCC=C(C)C.CC(C)=CCC/C(C)=C/CCC(C)=CC/C=C/C/C=C(\C)CC/C=C(\C)CCC=C(C)C. The second-order valence-corrected chi connectivity index (χ2v) is 14.8. The molecule has 0 aromatic carbocycles. The lowest BCUT2D eigenvalue weighted by atomic mass is 10.1. The fraction of sp³-hybridized carbons (Fsp3) is 0.560. The molecule has 0 heterocycles. The summed E-state index contributed by atoms with van der Waals surface area (Å²) in [6.45, 7) is 30.2. The molecule has 0 rings (SSSR count). The van der Waals surface area contributed by atoms with Gasteiger partial charge in [0.15, 0.2) is 0 Å². The number of rotatable bonds is 24. The van der Waals surface area contributed by atoms with E-state index < -0.39 is 0 Å². The van der Waals surface area contributed by atoms with Gasteiger partial charge in [0, 0.05) is 0 Å². The first kappa shape index (κ1) is 51.5.